The topological polar surface area (TPSA) is 55.4 Å². The highest BCUT2D eigenvalue weighted by molar-refractivity contribution is 6.31. The molecule has 0 aliphatic heterocycles. The number of nitrogens with one attached hydrogen (secondary N) is 1. The number of ether oxygens (including phenoxy) is 1. The van der Waals surface area contributed by atoms with Gasteiger partial charge < -0.3 is 14.8 Å². The summed E-state index contributed by atoms with van der Waals surface area (Å²) in [5.74, 6) is 0. The highest BCUT2D eigenvalue weighted by atomic mass is 35.5. The summed E-state index contributed by atoms with van der Waals surface area (Å²) in [6, 6.07) is 6.00. The van der Waals surface area contributed by atoms with Gasteiger partial charge in [0.1, 0.15) is 12.3 Å². The van der Waals surface area contributed by atoms with E-state index in [1.807, 2.05) is 0 Å². The molecule has 0 heterocycles. The molecule has 0 aliphatic carbocycles. The third kappa shape index (κ3) is 2.95. The van der Waals surface area contributed by atoms with Gasteiger partial charge in [0.15, 0.2) is 0 Å². The van der Waals surface area contributed by atoms with E-state index >= 15 is 0 Å². The van der Waals surface area contributed by atoms with Crippen LogP contribution < -0.4 is 5.32 Å². The van der Waals surface area contributed by atoms with E-state index in [0.29, 0.717) is 16.9 Å². The van der Waals surface area contributed by atoms with Gasteiger partial charge in [-0.3, -0.25) is 0 Å². The lowest BCUT2D eigenvalue weighted by atomic mass is 10.1. The largest absolute Gasteiger partial charge is 0.453 e. The van der Waals surface area contributed by atoms with E-state index in [1.54, 1.807) is 24.3 Å². The minimum Gasteiger partial charge on any atom is -0.453 e. The second kappa shape index (κ2) is 5.36. The molecule has 1 rings (SSSR count). The summed E-state index contributed by atoms with van der Waals surface area (Å²) in [5, 5.41) is 2.78. The molecule has 0 spiro atoms. The lowest BCUT2D eigenvalue weighted by Gasteiger charge is -2.13. The number of aldehydes is 1. The van der Waals surface area contributed by atoms with Gasteiger partial charge >= 0.3 is 6.09 Å². The second-order valence-electron chi connectivity index (χ2n) is 2.77. The molecule has 0 aromatic heterocycles. The van der Waals surface area contributed by atoms with Crippen molar-refractivity contribution in [1.29, 1.82) is 0 Å². The van der Waals surface area contributed by atoms with Crippen molar-refractivity contribution in [2.24, 2.45) is 0 Å². The first-order valence-corrected chi connectivity index (χ1v) is 4.61. The molecular weight excluding hydrogens is 218 g/mol. The maximum Gasteiger partial charge on any atom is 0.407 e. The molecular formula is C10H10ClNO3. The van der Waals surface area contributed by atoms with Crippen molar-refractivity contribution in [3.05, 3.63) is 34.9 Å². The van der Waals surface area contributed by atoms with Crippen molar-refractivity contribution < 1.29 is 14.3 Å². The first kappa shape index (κ1) is 11.5. The Hall–Kier alpha value is -1.55. The van der Waals surface area contributed by atoms with Crippen LogP contribution in [0, 0.1) is 0 Å². The van der Waals surface area contributed by atoms with Crippen LogP contribution in [0.5, 0.6) is 0 Å². The lowest BCUT2D eigenvalue weighted by Crippen LogP contribution is -2.29. The highest BCUT2D eigenvalue weighted by Gasteiger charge is 2.15. The average molecular weight is 228 g/mol. The van der Waals surface area contributed by atoms with E-state index in [0.717, 1.165) is 0 Å². The zero-order chi connectivity index (χ0) is 11.3. The summed E-state index contributed by atoms with van der Waals surface area (Å²) < 4.78 is 4.39. The standard InChI is InChI=1S/C10H10ClNO3/c1-15-10(14)12-9(6-13)7-4-2-3-5-8(7)11/h2-6,9H,1H3,(H,12,14). The first-order valence-electron chi connectivity index (χ1n) is 4.23. The van der Waals surface area contributed by atoms with Crippen LogP contribution in [0.1, 0.15) is 11.6 Å². The number of carbonyl (C=O) groups is 2. The first-order chi connectivity index (χ1) is 7.19. The smallest absolute Gasteiger partial charge is 0.407 e. The zero-order valence-electron chi connectivity index (χ0n) is 8.07. The number of halogens is 1. The molecule has 1 N–H and O–H groups in total. The van der Waals surface area contributed by atoms with Crippen LogP contribution in [0.15, 0.2) is 24.3 Å². The minimum atomic E-state index is -0.786. The van der Waals surface area contributed by atoms with Gasteiger partial charge in [-0.2, -0.15) is 0 Å². The van der Waals surface area contributed by atoms with Crippen LogP contribution >= 0.6 is 11.6 Å². The molecule has 0 aliphatic rings. The molecule has 1 aromatic carbocycles. The zero-order valence-corrected chi connectivity index (χ0v) is 8.82. The Bertz CT molecular complexity index is 367. The summed E-state index contributed by atoms with van der Waals surface area (Å²) in [4.78, 5) is 21.7. The van der Waals surface area contributed by atoms with Crippen LogP contribution in [0.25, 0.3) is 0 Å². The SMILES string of the molecule is COC(=O)NC(C=O)c1ccccc1Cl. The third-order valence-electron chi connectivity index (χ3n) is 1.84. The molecule has 4 nitrogen and oxygen atoms in total. The van der Waals surface area contributed by atoms with Gasteiger partial charge in [0.05, 0.1) is 7.11 Å². The fourth-order valence-electron chi connectivity index (χ4n) is 1.10. The minimum absolute atomic E-state index is 0.422. The van der Waals surface area contributed by atoms with Gasteiger partial charge in [-0.15, -0.1) is 0 Å². The number of benzene rings is 1. The van der Waals surface area contributed by atoms with Crippen molar-refractivity contribution in [3.63, 3.8) is 0 Å². The van der Waals surface area contributed by atoms with E-state index in [2.05, 4.69) is 10.1 Å². The van der Waals surface area contributed by atoms with E-state index in [4.69, 9.17) is 11.6 Å². The quantitative estimate of drug-likeness (QED) is 0.803. The van der Waals surface area contributed by atoms with Crippen molar-refractivity contribution in [1.82, 2.24) is 5.32 Å². The summed E-state index contributed by atoms with van der Waals surface area (Å²) in [6.45, 7) is 0. The van der Waals surface area contributed by atoms with Gasteiger partial charge in [0.2, 0.25) is 0 Å². The Morgan fingerprint density at radius 3 is 2.73 bits per heavy atom. The van der Waals surface area contributed by atoms with Crippen LogP contribution in [0.4, 0.5) is 4.79 Å². The van der Waals surface area contributed by atoms with Crippen molar-refractivity contribution in [3.8, 4) is 0 Å². The van der Waals surface area contributed by atoms with E-state index < -0.39 is 12.1 Å². The molecule has 1 unspecified atom stereocenters. The normalized spacial score (nSPS) is 11.6. The summed E-state index contributed by atoms with van der Waals surface area (Å²) in [7, 11) is 1.23. The molecule has 0 fully saturated rings. The number of methoxy groups -OCH3 is 1. The van der Waals surface area contributed by atoms with E-state index in [1.165, 1.54) is 7.11 Å². The molecule has 15 heavy (non-hydrogen) atoms. The number of amides is 1. The Balaban J connectivity index is 2.88. The lowest BCUT2D eigenvalue weighted by molar-refractivity contribution is -0.109. The van der Waals surface area contributed by atoms with Gasteiger partial charge in [0.25, 0.3) is 0 Å². The van der Waals surface area contributed by atoms with E-state index in [-0.39, 0.29) is 0 Å². The predicted octanol–water partition coefficient (Wildman–Crippen LogP) is 1.94. The summed E-state index contributed by atoms with van der Waals surface area (Å²) in [6.07, 6.45) is -0.0787. The fraction of sp³-hybridized carbons (Fsp3) is 0.200. The molecule has 0 bridgehead atoms. The fourth-order valence-corrected chi connectivity index (χ4v) is 1.35. The van der Waals surface area contributed by atoms with Gasteiger partial charge in [-0.1, -0.05) is 29.8 Å². The Kier molecular flexibility index (Phi) is 4.12. The van der Waals surface area contributed by atoms with Gasteiger partial charge in [-0.25, -0.2) is 4.79 Å². The molecule has 0 saturated carbocycles. The van der Waals surface area contributed by atoms with Gasteiger partial charge in [-0.05, 0) is 6.07 Å². The van der Waals surface area contributed by atoms with E-state index in [9.17, 15) is 9.59 Å². The molecule has 1 atom stereocenters. The van der Waals surface area contributed by atoms with Crippen molar-refractivity contribution in [2.75, 3.05) is 7.11 Å². The van der Waals surface area contributed by atoms with Crippen LogP contribution in [0.2, 0.25) is 5.02 Å². The number of hydrogen-bond donors (Lipinski definition) is 1. The average Bonchev–Trinajstić information content (AvgIpc) is 2.26. The molecule has 1 amide bonds. The maximum absolute atomic E-state index is 10.9. The molecule has 1 aromatic rings. The monoisotopic (exact) mass is 227 g/mol. The molecule has 5 heteroatoms. The molecule has 0 radical (unpaired) electrons. The Morgan fingerprint density at radius 1 is 1.53 bits per heavy atom. The van der Waals surface area contributed by atoms with Crippen molar-refractivity contribution >= 4 is 24.0 Å². The second-order valence-corrected chi connectivity index (χ2v) is 3.18. The number of alkyl carbamates (subject to hydrolysis) is 1. The van der Waals surface area contributed by atoms with Gasteiger partial charge in [0, 0.05) is 10.6 Å². The molecule has 80 valence electrons. The number of carbonyl (C=O) groups excluding carboxylic acids is 2. The number of rotatable bonds is 3. The molecule has 0 saturated heterocycles. The Morgan fingerprint density at radius 2 is 2.20 bits per heavy atom. The summed E-state index contributed by atoms with van der Waals surface area (Å²) in [5.41, 5.74) is 0.541. The number of hydrogen-bond acceptors (Lipinski definition) is 3. The third-order valence-corrected chi connectivity index (χ3v) is 2.18. The van der Waals surface area contributed by atoms with Crippen LogP contribution in [-0.4, -0.2) is 19.5 Å². The maximum atomic E-state index is 10.9. The highest BCUT2D eigenvalue weighted by Crippen LogP contribution is 2.21. The van der Waals surface area contributed by atoms with Crippen LogP contribution in [-0.2, 0) is 9.53 Å². The predicted molar refractivity (Wildman–Crippen MR) is 55.8 cm³/mol. The van der Waals surface area contributed by atoms with Crippen LogP contribution in [0.3, 0.4) is 0 Å². The Labute approximate surface area is 92.2 Å². The van der Waals surface area contributed by atoms with Crippen molar-refractivity contribution in [2.45, 2.75) is 6.04 Å². The summed E-state index contributed by atoms with van der Waals surface area (Å²) >= 11 is 5.87.